The number of rotatable bonds is 13. The highest BCUT2D eigenvalue weighted by Gasteiger charge is 2.30. The molecular formula is C33H52NO4Si. The van der Waals surface area contributed by atoms with E-state index in [1.165, 1.54) is 0 Å². The Labute approximate surface area is 239 Å². The van der Waals surface area contributed by atoms with E-state index in [1.54, 1.807) is 14.2 Å². The molecule has 0 bridgehead atoms. The quantitative estimate of drug-likeness (QED) is 0.198. The van der Waals surface area contributed by atoms with Gasteiger partial charge in [0.25, 0.3) is 0 Å². The van der Waals surface area contributed by atoms with Crippen molar-refractivity contribution in [2.24, 2.45) is 5.41 Å². The van der Waals surface area contributed by atoms with Gasteiger partial charge in [-0.1, -0.05) is 92.0 Å². The summed E-state index contributed by atoms with van der Waals surface area (Å²) in [6, 6.07) is 12.4. The first-order valence-corrected chi connectivity index (χ1v) is 16.8. The summed E-state index contributed by atoms with van der Waals surface area (Å²) in [6.07, 6.45) is 4.55. The van der Waals surface area contributed by atoms with Crippen molar-refractivity contribution in [1.82, 2.24) is 0 Å². The fourth-order valence-electron chi connectivity index (χ4n) is 5.13. The number of anilines is 1. The number of nitrogens with one attached hydrogen (secondary N) is 1. The summed E-state index contributed by atoms with van der Waals surface area (Å²) in [5.41, 5.74) is 3.92. The number of hydrogen-bond donors (Lipinski definition) is 1. The summed E-state index contributed by atoms with van der Waals surface area (Å²) < 4.78 is 17.8. The molecule has 1 radical (unpaired) electrons. The molecule has 2 unspecified atom stereocenters. The summed E-state index contributed by atoms with van der Waals surface area (Å²) in [7, 11) is 2.40. The van der Waals surface area contributed by atoms with Gasteiger partial charge in [-0.15, -0.1) is 0 Å². The molecule has 6 heteroatoms. The van der Waals surface area contributed by atoms with E-state index in [1.807, 2.05) is 12.1 Å². The molecule has 1 amide bonds. The van der Waals surface area contributed by atoms with Crippen LogP contribution in [-0.2, 0) is 14.6 Å². The minimum atomic E-state index is -0.915. The second-order valence-electron chi connectivity index (χ2n) is 12.9. The van der Waals surface area contributed by atoms with Crippen molar-refractivity contribution in [2.75, 3.05) is 19.5 Å². The second-order valence-corrected chi connectivity index (χ2v) is 14.9. The van der Waals surface area contributed by atoms with Crippen molar-refractivity contribution >= 4 is 20.6 Å². The van der Waals surface area contributed by atoms with Crippen molar-refractivity contribution in [1.29, 1.82) is 0 Å². The molecule has 2 aromatic carbocycles. The average molecular weight is 555 g/mol. The second kappa shape index (κ2) is 14.4. The summed E-state index contributed by atoms with van der Waals surface area (Å²) >= 11 is 0. The van der Waals surface area contributed by atoms with Gasteiger partial charge in [0.05, 0.1) is 20.3 Å². The largest absolute Gasteiger partial charge is 0.493 e. The van der Waals surface area contributed by atoms with Crippen LogP contribution in [0.4, 0.5) is 5.69 Å². The van der Waals surface area contributed by atoms with Gasteiger partial charge in [-0.25, -0.2) is 0 Å². The molecule has 0 spiro atoms. The molecule has 0 saturated heterocycles. The van der Waals surface area contributed by atoms with Crippen molar-refractivity contribution in [3.8, 4) is 11.5 Å². The fourth-order valence-corrected chi connectivity index (χ4v) is 6.09. The maximum absolute atomic E-state index is 13.7. The topological polar surface area (TPSA) is 56.8 Å². The van der Waals surface area contributed by atoms with Crippen LogP contribution in [0, 0.1) is 5.41 Å². The standard InChI is InChI=1S/C33H52NO4Si/c1-12-13-14-16-23(25-17-15-18-28(36-8)30(25)37-9)22-29(35)34-27-21-24(19-20-26(27)32(2,3)4)31(33(5,6)7)38-39(10)11/h15,17-21,23,31H,12-14,16,22H2,1-11H3,(H,34,35). The Bertz CT molecular complexity index is 1070. The molecule has 0 aliphatic heterocycles. The van der Waals surface area contributed by atoms with Gasteiger partial charge in [0.15, 0.2) is 11.5 Å². The number of ether oxygens (including phenoxy) is 2. The summed E-state index contributed by atoms with van der Waals surface area (Å²) in [5, 5.41) is 3.32. The predicted molar refractivity (Wildman–Crippen MR) is 166 cm³/mol. The number of carbonyl (C=O) groups is 1. The van der Waals surface area contributed by atoms with Gasteiger partial charge in [-0.3, -0.25) is 4.79 Å². The van der Waals surface area contributed by atoms with Crippen LogP contribution in [0.5, 0.6) is 11.5 Å². The van der Waals surface area contributed by atoms with Crippen LogP contribution in [0.25, 0.3) is 0 Å². The molecule has 39 heavy (non-hydrogen) atoms. The highest BCUT2D eigenvalue weighted by atomic mass is 28.3. The number of carbonyl (C=O) groups excluding carboxylic acids is 1. The zero-order chi connectivity index (χ0) is 29.4. The zero-order valence-electron chi connectivity index (χ0n) is 26.3. The van der Waals surface area contributed by atoms with Crippen LogP contribution in [-0.4, -0.2) is 29.2 Å². The molecule has 2 rings (SSSR count). The predicted octanol–water partition coefficient (Wildman–Crippen LogP) is 9.05. The number of para-hydroxylation sites is 1. The van der Waals surface area contributed by atoms with Crippen molar-refractivity contribution in [3.63, 3.8) is 0 Å². The van der Waals surface area contributed by atoms with E-state index in [4.69, 9.17) is 13.9 Å². The van der Waals surface area contributed by atoms with Gasteiger partial charge in [-0.05, 0) is 59.5 Å². The highest BCUT2D eigenvalue weighted by Crippen LogP contribution is 2.41. The molecule has 0 aliphatic rings. The van der Waals surface area contributed by atoms with E-state index in [-0.39, 0.29) is 28.8 Å². The van der Waals surface area contributed by atoms with Crippen molar-refractivity contribution in [2.45, 2.75) is 111 Å². The Kier molecular flexibility index (Phi) is 12.1. The van der Waals surface area contributed by atoms with Crippen LogP contribution in [0.2, 0.25) is 13.1 Å². The fraction of sp³-hybridized carbons (Fsp3) is 0.606. The van der Waals surface area contributed by atoms with E-state index < -0.39 is 9.04 Å². The third-order valence-electron chi connectivity index (χ3n) is 7.03. The lowest BCUT2D eigenvalue weighted by Crippen LogP contribution is -2.27. The van der Waals surface area contributed by atoms with Crippen molar-refractivity contribution < 1.29 is 18.7 Å². The Morgan fingerprint density at radius 2 is 1.67 bits per heavy atom. The maximum Gasteiger partial charge on any atom is 0.224 e. The van der Waals surface area contributed by atoms with Crippen LogP contribution in [0.1, 0.15) is 109 Å². The molecule has 0 aliphatic carbocycles. The molecule has 0 aromatic heterocycles. The number of hydrogen-bond acceptors (Lipinski definition) is 4. The molecule has 0 fully saturated rings. The lowest BCUT2D eigenvalue weighted by atomic mass is 9.81. The van der Waals surface area contributed by atoms with Crippen LogP contribution in [0.3, 0.4) is 0 Å². The number of benzene rings is 2. The van der Waals surface area contributed by atoms with Gasteiger partial charge < -0.3 is 19.2 Å². The van der Waals surface area contributed by atoms with Gasteiger partial charge >= 0.3 is 0 Å². The van der Waals surface area contributed by atoms with Crippen LogP contribution >= 0.6 is 0 Å². The Morgan fingerprint density at radius 3 is 2.21 bits per heavy atom. The number of unbranched alkanes of at least 4 members (excludes halogenated alkanes) is 2. The smallest absolute Gasteiger partial charge is 0.224 e. The normalized spacial score (nSPS) is 13.7. The lowest BCUT2D eigenvalue weighted by molar-refractivity contribution is -0.116. The van der Waals surface area contributed by atoms with E-state index in [0.717, 1.165) is 48.1 Å². The monoisotopic (exact) mass is 554 g/mol. The van der Waals surface area contributed by atoms with Gasteiger partial charge in [-0.2, -0.15) is 0 Å². The molecule has 0 heterocycles. The molecule has 217 valence electrons. The molecular weight excluding hydrogens is 502 g/mol. The van der Waals surface area contributed by atoms with Gasteiger partial charge in [0, 0.05) is 17.7 Å². The Morgan fingerprint density at radius 1 is 0.974 bits per heavy atom. The maximum atomic E-state index is 13.7. The zero-order valence-corrected chi connectivity index (χ0v) is 27.3. The third-order valence-corrected chi connectivity index (χ3v) is 7.74. The first kappa shape index (κ1) is 32.9. The minimum absolute atomic E-state index is 0.00739. The first-order valence-electron chi connectivity index (χ1n) is 14.3. The van der Waals surface area contributed by atoms with E-state index in [9.17, 15) is 4.79 Å². The van der Waals surface area contributed by atoms with E-state index in [2.05, 4.69) is 91.1 Å². The summed E-state index contributed by atoms with van der Waals surface area (Å²) in [4.78, 5) is 13.7. The Hall–Kier alpha value is -2.31. The molecule has 1 N–H and O–H groups in total. The van der Waals surface area contributed by atoms with Crippen LogP contribution < -0.4 is 14.8 Å². The number of amides is 1. The summed E-state index contributed by atoms with van der Waals surface area (Å²) in [5.74, 6) is 1.44. The van der Waals surface area contributed by atoms with E-state index >= 15 is 0 Å². The minimum Gasteiger partial charge on any atom is -0.493 e. The molecule has 2 atom stereocenters. The lowest BCUT2D eigenvalue weighted by Gasteiger charge is -2.34. The number of methoxy groups -OCH3 is 2. The van der Waals surface area contributed by atoms with Crippen molar-refractivity contribution in [3.05, 3.63) is 53.1 Å². The van der Waals surface area contributed by atoms with Crippen LogP contribution in [0.15, 0.2) is 36.4 Å². The first-order chi connectivity index (χ1) is 18.2. The third kappa shape index (κ3) is 9.39. The SMILES string of the molecule is CCCCCC(CC(=O)Nc1cc(C(O[Si](C)C)C(C)(C)C)ccc1C(C)(C)C)c1cccc(OC)c1OC. The molecule has 2 aromatic rings. The Balaban J connectivity index is 2.46. The highest BCUT2D eigenvalue weighted by molar-refractivity contribution is 6.48. The van der Waals surface area contributed by atoms with E-state index in [0.29, 0.717) is 17.9 Å². The molecule has 5 nitrogen and oxygen atoms in total. The average Bonchev–Trinajstić information content (AvgIpc) is 2.84. The molecule has 0 saturated carbocycles. The van der Waals surface area contributed by atoms with Gasteiger partial charge in [0.2, 0.25) is 14.9 Å². The van der Waals surface area contributed by atoms with Gasteiger partial charge in [0.1, 0.15) is 0 Å². The summed E-state index contributed by atoms with van der Waals surface area (Å²) in [6.45, 7) is 19.7.